The molecule has 2 fully saturated rings. The van der Waals surface area contributed by atoms with Crippen LogP contribution >= 0.6 is 43.2 Å². The largest absolute Gasteiger partial charge is 0.338 e. The zero-order valence-electron chi connectivity index (χ0n) is 17.8. The topological polar surface area (TPSA) is 88.0 Å². The van der Waals surface area contributed by atoms with Crippen molar-refractivity contribution in [3.05, 3.63) is 18.2 Å². The van der Waals surface area contributed by atoms with Crippen LogP contribution < -0.4 is 16.0 Å². The molecule has 1 aromatic rings. The smallest absolute Gasteiger partial charge is 0.326 e. The van der Waals surface area contributed by atoms with E-state index in [9.17, 15) is 9.59 Å². The molecule has 0 spiro atoms. The second-order valence-electron chi connectivity index (χ2n) is 7.76. The van der Waals surface area contributed by atoms with Crippen molar-refractivity contribution in [2.75, 3.05) is 24.6 Å². The number of nitrogens with one attached hydrogen (secondary N) is 3. The summed E-state index contributed by atoms with van der Waals surface area (Å²) in [5, 5.41) is 10.2. The van der Waals surface area contributed by atoms with Crippen molar-refractivity contribution in [2.24, 2.45) is 0 Å². The van der Waals surface area contributed by atoms with Crippen LogP contribution in [-0.4, -0.2) is 56.7 Å². The standard InChI is InChI=1S/C20H33N5O2S4/c26-19(21-9-3-1-5-17-7-11-28-30-17)23-13-16-14-25(15-24-16)20(27)22-10-4-2-6-18-8-12-29-31-18/h14-15,17-18H,1-13H2,(H,22,27)(H2,21,23,26). The van der Waals surface area contributed by atoms with Gasteiger partial charge in [-0.15, -0.1) is 0 Å². The van der Waals surface area contributed by atoms with E-state index < -0.39 is 0 Å². The van der Waals surface area contributed by atoms with Crippen LogP contribution in [0.1, 0.15) is 57.1 Å². The maximum Gasteiger partial charge on any atom is 0.326 e. The third-order valence-corrected chi connectivity index (χ3v) is 11.2. The number of amides is 3. The molecule has 0 aliphatic carbocycles. The Morgan fingerprint density at radius 2 is 1.58 bits per heavy atom. The Labute approximate surface area is 201 Å². The van der Waals surface area contributed by atoms with Crippen LogP contribution in [0.25, 0.3) is 0 Å². The maximum absolute atomic E-state index is 12.2. The second-order valence-corrected chi connectivity index (χ2v) is 13.3. The molecule has 3 heterocycles. The summed E-state index contributed by atoms with van der Waals surface area (Å²) in [7, 11) is 7.95. The van der Waals surface area contributed by atoms with E-state index >= 15 is 0 Å². The van der Waals surface area contributed by atoms with Gasteiger partial charge in [-0.1, -0.05) is 56.0 Å². The number of carbonyl (C=O) groups is 2. The number of carbonyl (C=O) groups excluding carboxylic acids is 2. The Kier molecular flexibility index (Phi) is 11.7. The van der Waals surface area contributed by atoms with Crippen LogP contribution in [0.15, 0.2) is 12.5 Å². The predicted octanol–water partition coefficient (Wildman–Crippen LogP) is 4.89. The fourth-order valence-corrected chi connectivity index (χ4v) is 9.47. The average Bonchev–Trinajstić information content (AvgIpc) is 3.54. The Balaban J connectivity index is 1.20. The molecule has 3 amide bonds. The van der Waals surface area contributed by atoms with Crippen molar-refractivity contribution in [1.29, 1.82) is 0 Å². The highest BCUT2D eigenvalue weighted by Gasteiger charge is 2.16. The van der Waals surface area contributed by atoms with Crippen molar-refractivity contribution < 1.29 is 9.59 Å². The van der Waals surface area contributed by atoms with Crippen molar-refractivity contribution in [1.82, 2.24) is 25.5 Å². The first-order chi connectivity index (χ1) is 15.2. The third-order valence-electron chi connectivity index (χ3n) is 5.22. The highest BCUT2D eigenvalue weighted by atomic mass is 33.1. The molecule has 0 aromatic carbocycles. The Bertz CT molecular complexity index is 678. The van der Waals surface area contributed by atoms with Gasteiger partial charge in [-0.05, 0) is 38.5 Å². The number of aromatic nitrogens is 2. The molecule has 2 atom stereocenters. The second kappa shape index (κ2) is 14.5. The van der Waals surface area contributed by atoms with E-state index in [1.54, 1.807) is 6.20 Å². The number of hydrogen-bond donors (Lipinski definition) is 3. The first kappa shape index (κ1) is 25.0. The molecule has 0 radical (unpaired) electrons. The van der Waals surface area contributed by atoms with E-state index in [1.807, 2.05) is 43.2 Å². The van der Waals surface area contributed by atoms with Gasteiger partial charge in [0.25, 0.3) is 0 Å². The van der Waals surface area contributed by atoms with Crippen LogP contribution in [0.5, 0.6) is 0 Å². The third kappa shape index (κ3) is 9.79. The molecular weight excluding hydrogens is 471 g/mol. The van der Waals surface area contributed by atoms with Gasteiger partial charge < -0.3 is 16.0 Å². The van der Waals surface area contributed by atoms with Gasteiger partial charge in [0.05, 0.1) is 12.2 Å². The van der Waals surface area contributed by atoms with Gasteiger partial charge in [-0.2, -0.15) is 0 Å². The highest BCUT2D eigenvalue weighted by molar-refractivity contribution is 8.77. The zero-order valence-corrected chi connectivity index (χ0v) is 21.1. The molecule has 0 saturated carbocycles. The minimum atomic E-state index is -0.191. The lowest BCUT2D eigenvalue weighted by molar-refractivity contribution is 0.240. The van der Waals surface area contributed by atoms with Gasteiger partial charge in [0.1, 0.15) is 6.33 Å². The molecule has 2 unspecified atom stereocenters. The Morgan fingerprint density at radius 1 is 0.935 bits per heavy atom. The van der Waals surface area contributed by atoms with E-state index in [2.05, 4.69) is 20.9 Å². The van der Waals surface area contributed by atoms with E-state index in [0.717, 1.165) is 36.2 Å². The van der Waals surface area contributed by atoms with Gasteiger partial charge in [0.2, 0.25) is 0 Å². The average molecular weight is 504 g/mol. The summed E-state index contributed by atoms with van der Waals surface area (Å²) in [6.45, 7) is 1.67. The normalized spacial score (nSPS) is 20.6. The molecule has 31 heavy (non-hydrogen) atoms. The van der Waals surface area contributed by atoms with Gasteiger partial charge in [-0.25, -0.2) is 14.6 Å². The number of nitrogens with zero attached hydrogens (tertiary/aromatic N) is 2. The van der Waals surface area contributed by atoms with Crippen molar-refractivity contribution in [3.8, 4) is 0 Å². The molecule has 2 aliphatic rings. The number of urea groups is 1. The molecular formula is C20H33N5O2S4. The summed E-state index contributed by atoms with van der Waals surface area (Å²) in [6.07, 6.45) is 12.5. The van der Waals surface area contributed by atoms with Crippen LogP contribution in [0, 0.1) is 0 Å². The number of imidazole rings is 1. The molecule has 7 nitrogen and oxygen atoms in total. The summed E-state index contributed by atoms with van der Waals surface area (Å²) in [5.74, 6) is 2.54. The number of rotatable bonds is 12. The van der Waals surface area contributed by atoms with Crippen molar-refractivity contribution in [3.63, 3.8) is 0 Å². The van der Waals surface area contributed by atoms with Crippen molar-refractivity contribution >= 4 is 55.2 Å². The lowest BCUT2D eigenvalue weighted by atomic mass is 10.1. The fraction of sp³-hybridized carbons (Fsp3) is 0.750. The summed E-state index contributed by atoms with van der Waals surface area (Å²) in [5.41, 5.74) is 0.664. The summed E-state index contributed by atoms with van der Waals surface area (Å²) < 4.78 is 1.44. The maximum atomic E-state index is 12.2. The monoisotopic (exact) mass is 503 g/mol. The summed E-state index contributed by atoms with van der Waals surface area (Å²) in [6, 6.07) is -0.364. The molecule has 2 aliphatic heterocycles. The highest BCUT2D eigenvalue weighted by Crippen LogP contribution is 2.40. The predicted molar refractivity (Wildman–Crippen MR) is 136 cm³/mol. The van der Waals surface area contributed by atoms with Gasteiger partial charge in [0.15, 0.2) is 0 Å². The quantitative estimate of drug-likeness (QED) is 0.276. The van der Waals surface area contributed by atoms with E-state index in [-0.39, 0.29) is 12.1 Å². The number of unbranched alkanes of at least 4 members (excludes halogenated alkanes) is 2. The summed E-state index contributed by atoms with van der Waals surface area (Å²) >= 11 is 0. The van der Waals surface area contributed by atoms with E-state index in [0.29, 0.717) is 25.3 Å². The molecule has 2 saturated heterocycles. The first-order valence-corrected chi connectivity index (χ1v) is 15.9. The van der Waals surface area contributed by atoms with Gasteiger partial charge >= 0.3 is 12.1 Å². The lowest BCUT2D eigenvalue weighted by Crippen LogP contribution is -2.35. The minimum absolute atomic E-state index is 0.173. The van der Waals surface area contributed by atoms with Crippen molar-refractivity contribution in [2.45, 2.75) is 68.4 Å². The number of hydrogen-bond acceptors (Lipinski definition) is 7. The van der Waals surface area contributed by atoms with Crippen LogP contribution in [0.3, 0.4) is 0 Å². The van der Waals surface area contributed by atoms with Gasteiger partial charge in [0, 0.05) is 41.3 Å². The Hall–Kier alpha value is -0.650. The van der Waals surface area contributed by atoms with Crippen LogP contribution in [-0.2, 0) is 6.54 Å². The summed E-state index contributed by atoms with van der Waals surface area (Å²) in [4.78, 5) is 28.4. The van der Waals surface area contributed by atoms with E-state index in [1.165, 1.54) is 48.1 Å². The molecule has 174 valence electrons. The minimum Gasteiger partial charge on any atom is -0.338 e. The lowest BCUT2D eigenvalue weighted by Gasteiger charge is -2.08. The van der Waals surface area contributed by atoms with Crippen LogP contribution in [0.4, 0.5) is 9.59 Å². The molecule has 11 heteroatoms. The molecule has 3 N–H and O–H groups in total. The van der Waals surface area contributed by atoms with Crippen LogP contribution in [0.2, 0.25) is 0 Å². The molecule has 0 bridgehead atoms. The van der Waals surface area contributed by atoms with E-state index in [4.69, 9.17) is 0 Å². The Morgan fingerprint density at radius 3 is 2.19 bits per heavy atom. The van der Waals surface area contributed by atoms with Gasteiger partial charge in [-0.3, -0.25) is 4.57 Å². The first-order valence-electron chi connectivity index (χ1n) is 11.1. The zero-order chi connectivity index (χ0) is 21.7. The fourth-order valence-electron chi connectivity index (χ4n) is 3.41. The molecule has 1 aromatic heterocycles. The SMILES string of the molecule is O=C(NCCCCC1CCSS1)NCc1cn(C(=O)NCCCCC2CCSS2)cn1. The molecule has 3 rings (SSSR count).